The topological polar surface area (TPSA) is 3.24 Å². The van der Waals surface area contributed by atoms with Gasteiger partial charge in [-0.2, -0.15) is 0 Å². The van der Waals surface area contributed by atoms with Gasteiger partial charge in [-0.15, -0.1) is 0 Å². The van der Waals surface area contributed by atoms with Gasteiger partial charge in [0.25, 0.3) is 0 Å². The molecule has 1 nitrogen and oxygen atoms in total. The van der Waals surface area contributed by atoms with Gasteiger partial charge >= 0.3 is 0 Å². The molecule has 1 saturated heterocycles. The van der Waals surface area contributed by atoms with Crippen LogP contribution in [0.1, 0.15) is 61.3 Å². The SMILES string of the molecule is CCN1CCCC1(C(C)(C)C)C(C)(C)C. The number of rotatable bonds is 1. The summed E-state index contributed by atoms with van der Waals surface area (Å²) in [5.41, 5.74) is 1.09. The molecule has 0 atom stereocenters. The summed E-state index contributed by atoms with van der Waals surface area (Å²) in [5.74, 6) is 0. The van der Waals surface area contributed by atoms with E-state index < -0.39 is 0 Å². The van der Waals surface area contributed by atoms with Crippen molar-refractivity contribution in [3.8, 4) is 0 Å². The maximum absolute atomic E-state index is 2.72. The average molecular weight is 211 g/mol. The zero-order valence-electron chi connectivity index (χ0n) is 11.8. The van der Waals surface area contributed by atoms with Crippen molar-refractivity contribution in [3.63, 3.8) is 0 Å². The van der Waals surface area contributed by atoms with E-state index in [1.807, 2.05) is 0 Å². The molecule has 1 heterocycles. The molecule has 1 aliphatic heterocycles. The van der Waals surface area contributed by atoms with Crippen LogP contribution < -0.4 is 0 Å². The molecule has 0 bridgehead atoms. The van der Waals surface area contributed by atoms with Crippen LogP contribution in [0.4, 0.5) is 0 Å². The Balaban J connectivity index is 3.19. The van der Waals surface area contributed by atoms with Gasteiger partial charge in [-0.05, 0) is 36.8 Å². The van der Waals surface area contributed by atoms with Gasteiger partial charge in [0, 0.05) is 5.54 Å². The van der Waals surface area contributed by atoms with Gasteiger partial charge in [0.1, 0.15) is 0 Å². The van der Waals surface area contributed by atoms with E-state index in [9.17, 15) is 0 Å². The van der Waals surface area contributed by atoms with Gasteiger partial charge in [-0.1, -0.05) is 48.5 Å². The van der Waals surface area contributed by atoms with Crippen molar-refractivity contribution in [2.45, 2.75) is 66.8 Å². The van der Waals surface area contributed by atoms with Gasteiger partial charge in [-0.3, -0.25) is 4.90 Å². The number of hydrogen-bond donors (Lipinski definition) is 0. The Kier molecular flexibility index (Phi) is 3.27. The van der Waals surface area contributed by atoms with Crippen LogP contribution >= 0.6 is 0 Å². The highest BCUT2D eigenvalue weighted by Gasteiger charge is 2.55. The molecule has 1 heteroatoms. The number of nitrogens with zero attached hydrogens (tertiary/aromatic N) is 1. The zero-order chi connectivity index (χ0) is 11.9. The highest BCUT2D eigenvalue weighted by Crippen LogP contribution is 2.53. The minimum atomic E-state index is 0.359. The predicted octanol–water partition coefficient (Wildman–Crippen LogP) is 3.93. The fourth-order valence-corrected chi connectivity index (χ4v) is 4.13. The summed E-state index contributed by atoms with van der Waals surface area (Å²) >= 11 is 0. The van der Waals surface area contributed by atoms with E-state index in [0.29, 0.717) is 16.4 Å². The van der Waals surface area contributed by atoms with E-state index in [4.69, 9.17) is 0 Å². The van der Waals surface area contributed by atoms with Crippen LogP contribution in [-0.2, 0) is 0 Å². The Morgan fingerprint density at radius 3 is 1.73 bits per heavy atom. The number of hydrogen-bond acceptors (Lipinski definition) is 1. The monoisotopic (exact) mass is 211 g/mol. The molecule has 0 aromatic carbocycles. The van der Waals surface area contributed by atoms with Gasteiger partial charge in [-0.25, -0.2) is 0 Å². The summed E-state index contributed by atoms with van der Waals surface area (Å²) in [6, 6.07) is 0. The summed E-state index contributed by atoms with van der Waals surface area (Å²) < 4.78 is 0. The quantitative estimate of drug-likeness (QED) is 0.635. The fraction of sp³-hybridized carbons (Fsp3) is 1.00. The first-order valence-electron chi connectivity index (χ1n) is 6.42. The van der Waals surface area contributed by atoms with E-state index >= 15 is 0 Å². The Bertz CT molecular complexity index is 202. The van der Waals surface area contributed by atoms with Crippen molar-refractivity contribution in [2.75, 3.05) is 13.1 Å². The van der Waals surface area contributed by atoms with Crippen molar-refractivity contribution >= 4 is 0 Å². The van der Waals surface area contributed by atoms with Crippen molar-refractivity contribution in [2.24, 2.45) is 10.8 Å². The molecule has 15 heavy (non-hydrogen) atoms. The van der Waals surface area contributed by atoms with Gasteiger partial charge in [0.05, 0.1) is 0 Å². The largest absolute Gasteiger partial charge is 0.297 e. The second-order valence-electron chi connectivity index (χ2n) is 7.04. The lowest BCUT2D eigenvalue weighted by Gasteiger charge is -2.56. The highest BCUT2D eigenvalue weighted by atomic mass is 15.2. The van der Waals surface area contributed by atoms with Crippen LogP contribution in [0.25, 0.3) is 0 Å². The lowest BCUT2D eigenvalue weighted by atomic mass is 9.58. The Hall–Kier alpha value is -0.0400. The second-order valence-corrected chi connectivity index (χ2v) is 7.04. The maximum Gasteiger partial charge on any atom is 0.0306 e. The molecule has 1 fully saturated rings. The molecule has 1 aliphatic rings. The average Bonchev–Trinajstić information content (AvgIpc) is 2.44. The zero-order valence-corrected chi connectivity index (χ0v) is 11.8. The van der Waals surface area contributed by atoms with Gasteiger partial charge in [0.2, 0.25) is 0 Å². The molecule has 1 rings (SSSR count). The summed E-state index contributed by atoms with van der Waals surface area (Å²) in [6.07, 6.45) is 2.72. The van der Waals surface area contributed by atoms with Crippen LogP contribution in [-0.4, -0.2) is 23.5 Å². The third kappa shape index (κ3) is 1.84. The maximum atomic E-state index is 2.72. The molecule has 90 valence electrons. The van der Waals surface area contributed by atoms with E-state index in [-0.39, 0.29) is 0 Å². The van der Waals surface area contributed by atoms with E-state index in [1.54, 1.807) is 0 Å². The van der Waals surface area contributed by atoms with Crippen molar-refractivity contribution in [1.82, 2.24) is 4.90 Å². The minimum Gasteiger partial charge on any atom is -0.297 e. The third-order valence-electron chi connectivity index (χ3n) is 4.37. The molecule has 0 N–H and O–H groups in total. The van der Waals surface area contributed by atoms with Gasteiger partial charge in [0.15, 0.2) is 0 Å². The summed E-state index contributed by atoms with van der Waals surface area (Å²) in [4.78, 5) is 2.72. The van der Waals surface area contributed by atoms with E-state index in [0.717, 1.165) is 0 Å². The standard InChI is InChI=1S/C14H29N/c1-8-15-11-9-10-14(15,12(2,3)4)13(5,6)7/h8-11H2,1-7H3. The molecule has 0 unspecified atom stereocenters. The first kappa shape index (κ1) is 13.0. The van der Waals surface area contributed by atoms with Crippen molar-refractivity contribution < 1.29 is 0 Å². The molecule has 0 aromatic rings. The first-order valence-corrected chi connectivity index (χ1v) is 6.42. The van der Waals surface area contributed by atoms with E-state index in [1.165, 1.54) is 25.9 Å². The van der Waals surface area contributed by atoms with E-state index in [2.05, 4.69) is 53.4 Å². The highest BCUT2D eigenvalue weighted by molar-refractivity contribution is 5.09. The van der Waals surface area contributed by atoms with Crippen LogP contribution in [0.15, 0.2) is 0 Å². The Morgan fingerprint density at radius 1 is 1.00 bits per heavy atom. The second kappa shape index (κ2) is 3.76. The molecule has 0 spiro atoms. The Morgan fingerprint density at radius 2 is 1.47 bits per heavy atom. The summed E-state index contributed by atoms with van der Waals surface area (Å²) in [6.45, 7) is 19.2. The predicted molar refractivity (Wildman–Crippen MR) is 68.1 cm³/mol. The summed E-state index contributed by atoms with van der Waals surface area (Å²) in [5, 5.41) is 0. The van der Waals surface area contributed by atoms with Crippen molar-refractivity contribution in [1.29, 1.82) is 0 Å². The van der Waals surface area contributed by atoms with Crippen LogP contribution in [0, 0.1) is 10.8 Å². The lowest BCUT2D eigenvalue weighted by molar-refractivity contribution is -0.0582. The van der Waals surface area contributed by atoms with Crippen LogP contribution in [0.2, 0.25) is 0 Å². The molecule has 0 amide bonds. The molecule has 0 aliphatic carbocycles. The summed E-state index contributed by atoms with van der Waals surface area (Å²) in [7, 11) is 0. The van der Waals surface area contributed by atoms with Crippen LogP contribution in [0.5, 0.6) is 0 Å². The van der Waals surface area contributed by atoms with Crippen molar-refractivity contribution in [3.05, 3.63) is 0 Å². The van der Waals surface area contributed by atoms with Gasteiger partial charge < -0.3 is 0 Å². The minimum absolute atomic E-state index is 0.359. The fourth-order valence-electron chi connectivity index (χ4n) is 4.13. The lowest BCUT2D eigenvalue weighted by Crippen LogP contribution is -2.61. The third-order valence-corrected chi connectivity index (χ3v) is 4.37. The molecular formula is C14H29N. The first-order chi connectivity index (χ1) is 6.67. The molecule has 0 saturated carbocycles. The normalized spacial score (nSPS) is 23.4. The molecular weight excluding hydrogens is 182 g/mol. The molecule has 0 radical (unpaired) electrons. The van der Waals surface area contributed by atoms with Crippen LogP contribution in [0.3, 0.4) is 0 Å². The number of likely N-dealkylation sites (tertiary alicyclic amines) is 1. The molecule has 0 aromatic heterocycles. The Labute approximate surface area is 96.2 Å². The smallest absolute Gasteiger partial charge is 0.0306 e.